The fourth-order valence-electron chi connectivity index (χ4n) is 7.17. The quantitative estimate of drug-likeness (QED) is 0.0328. The lowest BCUT2D eigenvalue weighted by molar-refractivity contribution is -0.870. The second-order valence-corrected chi connectivity index (χ2v) is 23.5. The van der Waals surface area contributed by atoms with Crippen molar-refractivity contribution in [2.24, 2.45) is 0 Å². The lowest BCUT2D eigenvalue weighted by Crippen LogP contribution is -2.44. The summed E-state index contributed by atoms with van der Waals surface area (Å²) < 4.78 is 3.94. The molecule has 0 heterocycles. The zero-order chi connectivity index (χ0) is 51.2. The first-order valence-electron chi connectivity index (χ1n) is 25.3. The van der Waals surface area contributed by atoms with Crippen LogP contribution in [-0.2, 0) is 24.0 Å². The van der Waals surface area contributed by atoms with E-state index in [1.54, 1.807) is 0 Å². The third-order valence-electron chi connectivity index (χ3n) is 11.3. The summed E-state index contributed by atoms with van der Waals surface area (Å²) in [7, 11) is 33.9. The zero-order valence-electron chi connectivity index (χ0n) is 45.8. The van der Waals surface area contributed by atoms with E-state index in [2.05, 4.69) is 133 Å². The highest BCUT2D eigenvalue weighted by Gasteiger charge is 2.19. The molecule has 0 aliphatic rings. The van der Waals surface area contributed by atoms with Crippen LogP contribution >= 0.6 is 0 Å². The molecule has 0 aromatic heterocycles. The molecular formula is C49H107N13O5+4. The van der Waals surface area contributed by atoms with Gasteiger partial charge < -0.3 is 63.7 Å². The summed E-state index contributed by atoms with van der Waals surface area (Å²) in [5, 5.41) is 15.4. The van der Waals surface area contributed by atoms with E-state index in [-0.39, 0.29) is 29.5 Å². The Kier molecular flexibility index (Phi) is 32.1. The molecule has 67 heavy (non-hydrogen) atoms. The van der Waals surface area contributed by atoms with E-state index < -0.39 is 0 Å². The Bertz CT molecular complexity index is 1220. The molecule has 0 fully saturated rings. The molecule has 0 rings (SSSR count). The van der Waals surface area contributed by atoms with Crippen molar-refractivity contribution >= 4 is 29.5 Å². The van der Waals surface area contributed by atoms with E-state index in [9.17, 15) is 24.0 Å². The van der Waals surface area contributed by atoms with Gasteiger partial charge in [-0.3, -0.25) is 24.0 Å². The smallest absolute Gasteiger partial charge is 0.221 e. The maximum absolute atomic E-state index is 13.2. The van der Waals surface area contributed by atoms with Gasteiger partial charge in [0, 0.05) is 170 Å². The summed E-state index contributed by atoms with van der Waals surface area (Å²) in [6.07, 6.45) is 6.01. The molecule has 0 spiro atoms. The predicted octanol–water partition coefficient (Wildman–Crippen LogP) is 0.0672. The van der Waals surface area contributed by atoms with Crippen LogP contribution < -0.4 is 26.6 Å². The predicted molar refractivity (Wildman–Crippen MR) is 274 cm³/mol. The monoisotopic (exact) mass is 958 g/mol. The SMILES string of the molecule is [CH2-][N+](C)(C)CCCNC(=O)CCN(CCC(=O)NCCC[N+](C)(C)C)CCN(CCC(=O)NCCC[N+](C)(C)C)CCN(CCC(=O)NCCC[N+](C)(C)C)CCC(=O)NCCC[N+](C)(C)C. The van der Waals surface area contributed by atoms with Gasteiger partial charge in [0.05, 0.1) is 117 Å². The van der Waals surface area contributed by atoms with Gasteiger partial charge in [-0.25, -0.2) is 0 Å². The van der Waals surface area contributed by atoms with Crippen LogP contribution in [0, 0.1) is 7.05 Å². The second kappa shape index (κ2) is 33.5. The molecule has 0 atom stereocenters. The third kappa shape index (κ3) is 45.2. The van der Waals surface area contributed by atoms with E-state index in [1.165, 1.54) is 0 Å². The number of amides is 5. The number of hydrogen-bond acceptors (Lipinski definition) is 8. The van der Waals surface area contributed by atoms with Crippen molar-refractivity contribution in [3.63, 3.8) is 0 Å². The fourth-order valence-corrected chi connectivity index (χ4v) is 7.17. The van der Waals surface area contributed by atoms with Gasteiger partial charge in [-0.15, -0.1) is 7.05 Å². The van der Waals surface area contributed by atoms with Crippen molar-refractivity contribution in [2.45, 2.75) is 64.2 Å². The van der Waals surface area contributed by atoms with Crippen LogP contribution in [-0.4, -0.2) is 290 Å². The first kappa shape index (κ1) is 64.0. The Hall–Kier alpha value is -2.97. The number of rotatable bonds is 41. The standard InChI is InChI=1S/C49H103N13O5/c1-58(2,3)40-16-26-50-45(63)21-31-55(32-22-46(64)51-27-17-41-59(4,5)6)36-38-57(35-25-49(67)54-30-20-44-62(13,14)15)39-37-56(33-23-47(65)52-28-18-42-60(7,8)9)34-24-48(66)53-29-19-43-61(10,11)12/h1,16-44H2,2-15H3,(H-4,50,51,52,53,54,63,64,65,66,67)/p+4. The zero-order valence-corrected chi connectivity index (χ0v) is 45.8. The lowest BCUT2D eigenvalue weighted by atomic mass is 10.2. The molecule has 0 bridgehead atoms. The van der Waals surface area contributed by atoms with Gasteiger partial charge >= 0.3 is 0 Å². The highest BCUT2D eigenvalue weighted by molar-refractivity contribution is 5.77. The van der Waals surface area contributed by atoms with Crippen molar-refractivity contribution in [3.05, 3.63) is 7.05 Å². The number of nitrogens with one attached hydrogen (secondary N) is 5. The van der Waals surface area contributed by atoms with Crippen LogP contribution in [0.25, 0.3) is 0 Å². The molecule has 0 aromatic rings. The van der Waals surface area contributed by atoms with Gasteiger partial charge in [0.15, 0.2) is 0 Å². The van der Waals surface area contributed by atoms with Gasteiger partial charge in [-0.1, -0.05) is 0 Å². The van der Waals surface area contributed by atoms with Crippen molar-refractivity contribution in [3.8, 4) is 0 Å². The van der Waals surface area contributed by atoms with E-state index in [1.807, 2.05) is 14.1 Å². The molecule has 18 heteroatoms. The Morgan fingerprint density at radius 1 is 0.313 bits per heavy atom. The molecule has 0 saturated carbocycles. The Labute approximate surface area is 410 Å². The van der Waals surface area contributed by atoms with Crippen LogP contribution in [0.2, 0.25) is 0 Å². The number of quaternary nitrogens is 5. The van der Waals surface area contributed by atoms with E-state index in [0.717, 1.165) is 82.8 Å². The summed E-state index contributed by atoms with van der Waals surface area (Å²) in [5.74, 6) is -0.0270. The summed E-state index contributed by atoms with van der Waals surface area (Å²) in [6, 6.07) is 0. The average Bonchev–Trinajstić information content (AvgIpc) is 3.19. The first-order chi connectivity index (χ1) is 30.9. The minimum Gasteiger partial charge on any atom is -0.462 e. The van der Waals surface area contributed by atoms with Crippen LogP contribution in [0.3, 0.4) is 0 Å². The van der Waals surface area contributed by atoms with Crippen LogP contribution in [0.1, 0.15) is 64.2 Å². The van der Waals surface area contributed by atoms with Crippen LogP contribution in [0.15, 0.2) is 0 Å². The molecule has 0 aliphatic carbocycles. The maximum atomic E-state index is 13.2. The Morgan fingerprint density at radius 2 is 0.493 bits per heavy atom. The molecule has 0 unspecified atom stereocenters. The Balaban J connectivity index is 6.08. The van der Waals surface area contributed by atoms with Crippen LogP contribution in [0.5, 0.6) is 0 Å². The molecule has 5 amide bonds. The van der Waals surface area contributed by atoms with Crippen LogP contribution in [0.4, 0.5) is 0 Å². The number of nitrogens with zero attached hydrogens (tertiary/aromatic N) is 8. The topological polar surface area (TPSA) is 155 Å². The van der Waals surface area contributed by atoms with Gasteiger partial charge in [-0.2, -0.15) is 0 Å². The fraction of sp³-hybridized carbons (Fsp3) is 0.878. The second-order valence-electron chi connectivity index (χ2n) is 23.5. The number of hydrogen-bond donors (Lipinski definition) is 5. The summed E-state index contributed by atoms with van der Waals surface area (Å²) in [4.78, 5) is 71.9. The molecule has 0 radical (unpaired) electrons. The van der Waals surface area contributed by atoms with Gasteiger partial charge in [-0.05, 0) is 0 Å². The summed E-state index contributed by atoms with van der Waals surface area (Å²) >= 11 is 0. The molecule has 0 saturated heterocycles. The van der Waals surface area contributed by atoms with Gasteiger partial charge in [0.2, 0.25) is 29.5 Å². The van der Waals surface area contributed by atoms with Crippen molar-refractivity contribution in [1.29, 1.82) is 0 Å². The van der Waals surface area contributed by atoms with Crippen molar-refractivity contribution in [2.75, 3.05) is 223 Å². The van der Waals surface area contributed by atoms with E-state index in [4.69, 9.17) is 0 Å². The highest BCUT2D eigenvalue weighted by Crippen LogP contribution is 2.04. The Morgan fingerprint density at radius 3 is 0.672 bits per heavy atom. The minimum absolute atomic E-state index is 0.00239. The maximum Gasteiger partial charge on any atom is 0.221 e. The number of carbonyl (C=O) groups is 5. The molecular weight excluding hydrogens is 851 g/mol. The normalized spacial score (nSPS) is 12.7. The largest absolute Gasteiger partial charge is 0.462 e. The third-order valence-corrected chi connectivity index (χ3v) is 11.3. The van der Waals surface area contributed by atoms with Crippen molar-refractivity contribution < 1.29 is 46.4 Å². The molecule has 394 valence electrons. The molecule has 0 aliphatic heterocycles. The van der Waals surface area contributed by atoms with E-state index >= 15 is 0 Å². The first-order valence-corrected chi connectivity index (χ1v) is 25.3. The summed E-state index contributed by atoms with van der Waals surface area (Å²) in [5.41, 5.74) is 0. The van der Waals surface area contributed by atoms with Crippen molar-refractivity contribution in [1.82, 2.24) is 41.3 Å². The molecule has 0 aromatic carbocycles. The number of carbonyl (C=O) groups excluding carboxylic acids is 5. The van der Waals surface area contributed by atoms with E-state index in [0.29, 0.717) is 128 Å². The van der Waals surface area contributed by atoms with Gasteiger partial charge in [0.1, 0.15) is 0 Å². The van der Waals surface area contributed by atoms with Gasteiger partial charge in [0.25, 0.3) is 0 Å². The molecule has 5 N–H and O–H groups in total. The lowest BCUT2D eigenvalue weighted by Gasteiger charge is -2.32. The summed E-state index contributed by atoms with van der Waals surface area (Å²) in [6.45, 7) is 12.8. The highest BCUT2D eigenvalue weighted by atomic mass is 16.2. The minimum atomic E-state index is -0.0200. The average molecular weight is 958 g/mol. The molecule has 18 nitrogen and oxygen atoms in total.